The van der Waals surface area contributed by atoms with Crippen LogP contribution in [0.15, 0.2) is 55.0 Å². The number of benzene rings is 1. The number of ether oxygens (including phenoxy) is 1. The molecule has 5 aromatic rings. The SMILES string of the molecule is Nc1nc2ccc(F)cc2cc1OCc1nc2[nH]ncc2cc1-n1cccn1. The van der Waals surface area contributed by atoms with Gasteiger partial charge in [-0.2, -0.15) is 10.2 Å². The molecular formula is C19H14FN7O. The number of rotatable bonds is 4. The Morgan fingerprint density at radius 1 is 1.14 bits per heavy atom. The van der Waals surface area contributed by atoms with Crippen molar-refractivity contribution in [3.8, 4) is 11.4 Å². The minimum Gasteiger partial charge on any atom is -0.483 e. The van der Waals surface area contributed by atoms with Crippen LogP contribution >= 0.6 is 0 Å². The van der Waals surface area contributed by atoms with Gasteiger partial charge in [-0.25, -0.2) is 19.0 Å². The molecule has 0 spiro atoms. The van der Waals surface area contributed by atoms with Crippen molar-refractivity contribution < 1.29 is 9.13 Å². The Balaban J connectivity index is 1.53. The van der Waals surface area contributed by atoms with E-state index in [0.29, 0.717) is 28.0 Å². The van der Waals surface area contributed by atoms with E-state index >= 15 is 0 Å². The maximum absolute atomic E-state index is 13.5. The van der Waals surface area contributed by atoms with E-state index in [4.69, 9.17) is 10.5 Å². The van der Waals surface area contributed by atoms with Gasteiger partial charge in [-0.1, -0.05) is 0 Å². The lowest BCUT2D eigenvalue weighted by Crippen LogP contribution is -2.08. The standard InChI is InChI=1S/C19H14FN7O/c20-13-2-3-14-11(6-13)8-17(18(21)24-14)28-10-15-16(27-5-1-4-23-27)7-12-9-22-26-19(12)25-15/h1-9H,10H2,(H2,21,24)(H,22,25,26). The maximum Gasteiger partial charge on any atom is 0.166 e. The molecule has 0 fully saturated rings. The molecule has 0 aliphatic heterocycles. The van der Waals surface area contributed by atoms with Gasteiger partial charge in [-0.05, 0) is 36.4 Å². The van der Waals surface area contributed by atoms with Gasteiger partial charge in [0.15, 0.2) is 17.2 Å². The van der Waals surface area contributed by atoms with E-state index in [1.807, 2.05) is 18.3 Å². The van der Waals surface area contributed by atoms with Gasteiger partial charge in [0, 0.05) is 23.2 Å². The second kappa shape index (κ2) is 6.31. The number of nitrogens with two attached hydrogens (primary N) is 1. The molecule has 8 nitrogen and oxygen atoms in total. The summed E-state index contributed by atoms with van der Waals surface area (Å²) in [6, 6.07) is 9.73. The summed E-state index contributed by atoms with van der Waals surface area (Å²) in [5, 5.41) is 12.6. The fourth-order valence-corrected chi connectivity index (χ4v) is 3.03. The normalized spacial score (nSPS) is 11.3. The van der Waals surface area contributed by atoms with Crippen LogP contribution in [0.3, 0.4) is 0 Å². The third-order valence-electron chi connectivity index (χ3n) is 4.37. The molecular weight excluding hydrogens is 361 g/mol. The lowest BCUT2D eigenvalue weighted by atomic mass is 10.2. The molecule has 5 rings (SSSR count). The number of halogens is 1. The minimum absolute atomic E-state index is 0.122. The number of hydrogen-bond donors (Lipinski definition) is 2. The summed E-state index contributed by atoms with van der Waals surface area (Å²) >= 11 is 0. The van der Waals surface area contributed by atoms with Crippen molar-refractivity contribution in [3.05, 3.63) is 66.5 Å². The molecule has 3 N–H and O–H groups in total. The summed E-state index contributed by atoms with van der Waals surface area (Å²) in [6.07, 6.45) is 5.20. The third-order valence-corrected chi connectivity index (χ3v) is 4.37. The zero-order valence-corrected chi connectivity index (χ0v) is 14.5. The van der Waals surface area contributed by atoms with E-state index in [1.54, 1.807) is 29.2 Å². The van der Waals surface area contributed by atoms with E-state index in [1.165, 1.54) is 12.1 Å². The van der Waals surface area contributed by atoms with Crippen LogP contribution in [0.1, 0.15) is 5.69 Å². The van der Waals surface area contributed by atoms with Crippen LogP contribution in [0.5, 0.6) is 5.75 Å². The Morgan fingerprint density at radius 3 is 2.93 bits per heavy atom. The van der Waals surface area contributed by atoms with E-state index in [-0.39, 0.29) is 18.2 Å². The first kappa shape index (κ1) is 16.2. The zero-order chi connectivity index (χ0) is 19.1. The van der Waals surface area contributed by atoms with E-state index in [9.17, 15) is 4.39 Å². The lowest BCUT2D eigenvalue weighted by molar-refractivity contribution is 0.302. The molecule has 28 heavy (non-hydrogen) atoms. The van der Waals surface area contributed by atoms with Gasteiger partial charge in [0.2, 0.25) is 0 Å². The summed E-state index contributed by atoms with van der Waals surface area (Å²) < 4.78 is 21.1. The molecule has 0 aliphatic carbocycles. The monoisotopic (exact) mass is 375 g/mol. The van der Waals surface area contributed by atoms with Crippen LogP contribution in [-0.2, 0) is 6.61 Å². The number of hydrogen-bond acceptors (Lipinski definition) is 6. The largest absolute Gasteiger partial charge is 0.483 e. The predicted molar refractivity (Wildman–Crippen MR) is 101 cm³/mol. The van der Waals surface area contributed by atoms with Crippen LogP contribution < -0.4 is 10.5 Å². The molecule has 4 heterocycles. The number of pyridine rings is 2. The Morgan fingerprint density at radius 2 is 2.07 bits per heavy atom. The predicted octanol–water partition coefficient (Wildman–Crippen LogP) is 2.99. The van der Waals surface area contributed by atoms with Gasteiger partial charge in [0.05, 0.1) is 17.4 Å². The summed E-state index contributed by atoms with van der Waals surface area (Å²) in [7, 11) is 0. The highest BCUT2D eigenvalue weighted by atomic mass is 19.1. The first-order chi connectivity index (χ1) is 13.7. The number of aromatic nitrogens is 6. The molecule has 0 bridgehead atoms. The Hall–Kier alpha value is -4.01. The van der Waals surface area contributed by atoms with Crippen LogP contribution in [0.4, 0.5) is 10.2 Å². The van der Waals surface area contributed by atoms with E-state index in [0.717, 1.165) is 11.1 Å². The van der Waals surface area contributed by atoms with Gasteiger partial charge in [-0.3, -0.25) is 5.10 Å². The van der Waals surface area contributed by atoms with Crippen molar-refractivity contribution in [2.75, 3.05) is 5.73 Å². The van der Waals surface area contributed by atoms with Crippen LogP contribution in [0.25, 0.3) is 27.6 Å². The van der Waals surface area contributed by atoms with Crippen molar-refractivity contribution in [1.29, 1.82) is 0 Å². The average Bonchev–Trinajstić information content (AvgIpc) is 3.37. The number of nitrogens with one attached hydrogen (secondary N) is 1. The number of anilines is 1. The van der Waals surface area contributed by atoms with Crippen molar-refractivity contribution in [3.63, 3.8) is 0 Å². The highest BCUT2D eigenvalue weighted by Crippen LogP contribution is 2.27. The van der Waals surface area contributed by atoms with Crippen molar-refractivity contribution >= 4 is 27.8 Å². The quantitative estimate of drug-likeness (QED) is 0.500. The smallest absolute Gasteiger partial charge is 0.166 e. The molecule has 4 aromatic heterocycles. The van der Waals surface area contributed by atoms with Crippen LogP contribution in [0, 0.1) is 5.82 Å². The summed E-state index contributed by atoms with van der Waals surface area (Å²) in [5.41, 5.74) is 8.65. The Kier molecular flexibility index (Phi) is 3.64. The average molecular weight is 375 g/mol. The molecule has 1 aromatic carbocycles. The van der Waals surface area contributed by atoms with Gasteiger partial charge >= 0.3 is 0 Å². The Labute approximate surface area is 157 Å². The summed E-state index contributed by atoms with van der Waals surface area (Å²) in [6.45, 7) is 0.122. The van der Waals surface area contributed by atoms with Gasteiger partial charge < -0.3 is 10.5 Å². The molecule has 138 valence electrons. The first-order valence-corrected chi connectivity index (χ1v) is 8.49. The van der Waals surface area contributed by atoms with Crippen molar-refractivity contribution in [2.24, 2.45) is 0 Å². The number of fused-ring (bicyclic) bond motifs is 2. The van der Waals surface area contributed by atoms with Crippen molar-refractivity contribution in [2.45, 2.75) is 6.61 Å². The molecule has 0 saturated heterocycles. The molecule has 9 heteroatoms. The van der Waals surface area contributed by atoms with E-state index < -0.39 is 0 Å². The van der Waals surface area contributed by atoms with E-state index in [2.05, 4.69) is 25.3 Å². The molecule has 0 unspecified atom stereocenters. The number of nitrogens with zero attached hydrogens (tertiary/aromatic N) is 5. The summed E-state index contributed by atoms with van der Waals surface area (Å²) in [5.74, 6) is 0.232. The van der Waals surface area contributed by atoms with Crippen LogP contribution in [-0.4, -0.2) is 29.9 Å². The highest BCUT2D eigenvalue weighted by molar-refractivity contribution is 5.82. The first-order valence-electron chi connectivity index (χ1n) is 8.49. The highest BCUT2D eigenvalue weighted by Gasteiger charge is 2.13. The zero-order valence-electron chi connectivity index (χ0n) is 14.5. The molecule has 0 aliphatic rings. The van der Waals surface area contributed by atoms with Crippen LogP contribution in [0.2, 0.25) is 0 Å². The number of H-pyrrole nitrogens is 1. The Bertz CT molecular complexity index is 1300. The number of aromatic amines is 1. The second-order valence-electron chi connectivity index (χ2n) is 6.21. The fraction of sp³-hybridized carbons (Fsp3) is 0.0526. The van der Waals surface area contributed by atoms with Gasteiger partial charge in [0.1, 0.15) is 18.1 Å². The molecule has 0 atom stereocenters. The molecule has 0 amide bonds. The summed E-state index contributed by atoms with van der Waals surface area (Å²) in [4.78, 5) is 8.86. The lowest BCUT2D eigenvalue weighted by Gasteiger charge is -2.12. The van der Waals surface area contributed by atoms with Gasteiger partial charge in [0.25, 0.3) is 0 Å². The second-order valence-corrected chi connectivity index (χ2v) is 6.21. The van der Waals surface area contributed by atoms with Crippen molar-refractivity contribution in [1.82, 2.24) is 29.9 Å². The third kappa shape index (κ3) is 2.78. The minimum atomic E-state index is -0.350. The van der Waals surface area contributed by atoms with Gasteiger partial charge in [-0.15, -0.1) is 0 Å². The molecule has 0 saturated carbocycles. The molecule has 0 radical (unpaired) electrons. The maximum atomic E-state index is 13.5. The topological polar surface area (TPSA) is 108 Å². The number of nitrogen functional groups attached to an aromatic ring is 1. The fourth-order valence-electron chi connectivity index (χ4n) is 3.03.